The number of anilines is 1. The Kier molecular flexibility index (Phi) is 8.44. The molecule has 0 spiro atoms. The van der Waals surface area contributed by atoms with Crippen molar-refractivity contribution < 1.29 is 71.4 Å². The van der Waals surface area contributed by atoms with Gasteiger partial charge in [-0.1, -0.05) is 6.42 Å². The normalized spacial score (nSPS) is 16.2. The van der Waals surface area contributed by atoms with Gasteiger partial charge in [0.2, 0.25) is 0 Å². The zero-order valence-corrected chi connectivity index (χ0v) is 20.0. The van der Waals surface area contributed by atoms with Crippen molar-refractivity contribution in [2.24, 2.45) is 0 Å². The van der Waals surface area contributed by atoms with E-state index in [0.29, 0.717) is 35.5 Å². The van der Waals surface area contributed by atoms with Crippen molar-refractivity contribution in [3.8, 4) is 0 Å². The summed E-state index contributed by atoms with van der Waals surface area (Å²) in [4.78, 5) is 24.8. The molecule has 0 atom stereocenters. The van der Waals surface area contributed by atoms with Gasteiger partial charge in [0.15, 0.2) is 0 Å². The van der Waals surface area contributed by atoms with Gasteiger partial charge in [0.25, 0.3) is 0 Å². The van der Waals surface area contributed by atoms with Crippen LogP contribution in [0.25, 0.3) is 0 Å². The van der Waals surface area contributed by atoms with E-state index in [0.717, 1.165) is 5.32 Å². The molecular formula is C20H18F13NO3S. The largest absolute Gasteiger partial charge is 0.460 e. The number of rotatable bonds is 8. The van der Waals surface area contributed by atoms with E-state index >= 15 is 0 Å². The molecular weight excluding hydrogens is 581 g/mol. The number of carbonyl (C=O) groups is 2. The van der Waals surface area contributed by atoms with Gasteiger partial charge in [-0.2, -0.15) is 57.1 Å². The molecule has 1 aromatic heterocycles. The van der Waals surface area contributed by atoms with Gasteiger partial charge < -0.3 is 10.1 Å². The molecule has 218 valence electrons. The summed E-state index contributed by atoms with van der Waals surface area (Å²) < 4.78 is 179. The van der Waals surface area contributed by atoms with E-state index in [1.54, 1.807) is 0 Å². The first-order valence-corrected chi connectivity index (χ1v) is 11.4. The summed E-state index contributed by atoms with van der Waals surface area (Å²) in [7, 11) is 0. The van der Waals surface area contributed by atoms with Gasteiger partial charge in [-0.25, -0.2) is 4.79 Å². The topological polar surface area (TPSA) is 55.4 Å². The molecule has 1 amide bonds. The van der Waals surface area contributed by atoms with Crippen LogP contribution < -0.4 is 5.32 Å². The smallest absolute Gasteiger partial charge is 0.459 e. The molecule has 0 aromatic carbocycles. The number of thiophene rings is 1. The zero-order chi connectivity index (χ0) is 29.7. The van der Waals surface area contributed by atoms with Crippen molar-refractivity contribution >= 4 is 28.2 Å². The number of ether oxygens (including phenoxy) is 1. The zero-order valence-electron chi connectivity index (χ0n) is 19.2. The molecule has 0 unspecified atom stereocenters. The Hall–Kier alpha value is -2.27. The van der Waals surface area contributed by atoms with E-state index in [9.17, 15) is 66.7 Å². The highest BCUT2D eigenvalue weighted by molar-refractivity contribution is 7.17. The maximum Gasteiger partial charge on any atom is 0.460 e. The summed E-state index contributed by atoms with van der Waals surface area (Å²) >= 11 is 0.391. The molecule has 1 aromatic rings. The first-order valence-electron chi connectivity index (χ1n) is 10.6. The predicted molar refractivity (Wildman–Crippen MR) is 106 cm³/mol. The first kappa shape index (κ1) is 31.9. The Bertz CT molecular complexity index is 1060. The van der Waals surface area contributed by atoms with Gasteiger partial charge in [0.1, 0.15) is 5.00 Å². The van der Waals surface area contributed by atoms with Gasteiger partial charge in [-0.05, 0) is 45.1 Å². The standard InChI is InChI=1S/C20H18F13NO3S/c1-8(2)37-13(35)11-9-6-4-3-5-7-10(9)38-12(11)34-14(36)15(21,22)16(23,24)17(25,26)18(27,28)19(29,30)20(31,32)33/h8H,3-7H2,1-2H3,(H,34,36). The fourth-order valence-electron chi connectivity index (χ4n) is 3.41. The number of amides is 1. The van der Waals surface area contributed by atoms with Gasteiger partial charge in [-0.15, -0.1) is 11.3 Å². The summed E-state index contributed by atoms with van der Waals surface area (Å²) in [5, 5.41) is 0.124. The lowest BCUT2D eigenvalue weighted by molar-refractivity contribution is -0.435. The van der Waals surface area contributed by atoms with Crippen LogP contribution in [0.3, 0.4) is 0 Å². The number of hydrogen-bond donors (Lipinski definition) is 1. The molecule has 1 N–H and O–H groups in total. The Morgan fingerprint density at radius 1 is 0.763 bits per heavy atom. The van der Waals surface area contributed by atoms with Gasteiger partial charge in [0, 0.05) is 4.88 Å². The fourth-order valence-corrected chi connectivity index (χ4v) is 4.69. The highest BCUT2D eigenvalue weighted by Gasteiger charge is 2.91. The van der Waals surface area contributed by atoms with Gasteiger partial charge >= 0.3 is 47.7 Å². The Morgan fingerprint density at radius 2 is 1.26 bits per heavy atom. The quantitative estimate of drug-likeness (QED) is 0.195. The van der Waals surface area contributed by atoms with Crippen molar-refractivity contribution in [3.63, 3.8) is 0 Å². The Balaban J connectivity index is 2.54. The summed E-state index contributed by atoms with van der Waals surface area (Å²) in [5.74, 6) is -43.6. The molecule has 1 aliphatic carbocycles. The molecule has 0 bridgehead atoms. The average molecular weight is 599 g/mol. The maximum absolute atomic E-state index is 14.3. The molecule has 0 saturated carbocycles. The van der Waals surface area contributed by atoms with Crippen LogP contribution in [0.4, 0.5) is 62.1 Å². The van der Waals surface area contributed by atoms with Crippen molar-refractivity contribution in [2.75, 3.05) is 5.32 Å². The Labute approximate surface area is 209 Å². The third-order valence-electron chi connectivity index (χ3n) is 5.41. The van der Waals surface area contributed by atoms with E-state index in [-0.39, 0.29) is 18.4 Å². The Morgan fingerprint density at radius 3 is 1.76 bits per heavy atom. The first-order chi connectivity index (χ1) is 16.9. The van der Waals surface area contributed by atoms with Crippen LogP contribution in [0.2, 0.25) is 0 Å². The van der Waals surface area contributed by atoms with Crippen LogP contribution in [0.5, 0.6) is 0 Å². The number of hydrogen-bond acceptors (Lipinski definition) is 4. The number of carbonyl (C=O) groups excluding carboxylic acids is 2. The fraction of sp³-hybridized carbons (Fsp3) is 0.700. The third kappa shape index (κ3) is 5.03. The molecule has 1 heterocycles. The summed E-state index contributed by atoms with van der Waals surface area (Å²) in [6.07, 6.45) is -6.46. The molecule has 0 fully saturated rings. The second-order valence-electron chi connectivity index (χ2n) is 8.55. The minimum atomic E-state index is -8.13. The predicted octanol–water partition coefficient (Wildman–Crippen LogP) is 7.26. The number of esters is 1. The van der Waals surface area contributed by atoms with E-state index in [1.165, 1.54) is 13.8 Å². The number of aryl methyl sites for hydroxylation is 1. The van der Waals surface area contributed by atoms with Crippen molar-refractivity contribution in [1.29, 1.82) is 0 Å². The van der Waals surface area contributed by atoms with E-state index in [4.69, 9.17) is 4.74 Å². The number of nitrogens with one attached hydrogen (secondary N) is 1. The molecule has 1 aliphatic rings. The molecule has 4 nitrogen and oxygen atoms in total. The van der Waals surface area contributed by atoms with Crippen molar-refractivity contribution in [3.05, 3.63) is 16.0 Å². The number of fused-ring (bicyclic) bond motifs is 1. The lowest BCUT2D eigenvalue weighted by atomic mass is 9.93. The van der Waals surface area contributed by atoms with E-state index in [1.807, 2.05) is 0 Å². The van der Waals surface area contributed by atoms with Crippen LogP contribution >= 0.6 is 11.3 Å². The number of alkyl halides is 13. The highest BCUT2D eigenvalue weighted by Crippen LogP contribution is 2.60. The van der Waals surface area contributed by atoms with Crippen LogP contribution in [-0.2, 0) is 22.4 Å². The van der Waals surface area contributed by atoms with E-state index in [2.05, 4.69) is 0 Å². The molecule has 38 heavy (non-hydrogen) atoms. The lowest BCUT2D eigenvalue weighted by Crippen LogP contribution is -2.71. The summed E-state index contributed by atoms with van der Waals surface area (Å²) in [6.45, 7) is 2.71. The van der Waals surface area contributed by atoms with Crippen molar-refractivity contribution in [1.82, 2.24) is 0 Å². The summed E-state index contributed by atoms with van der Waals surface area (Å²) in [5.41, 5.74) is -0.445. The SMILES string of the molecule is CC(C)OC(=O)c1c(NC(=O)C(F)(F)C(F)(F)C(F)(F)C(F)(F)C(F)(F)C(F)(F)F)sc2c1CCCCC2. The second-order valence-corrected chi connectivity index (χ2v) is 9.65. The minimum Gasteiger partial charge on any atom is -0.459 e. The number of halogens is 13. The monoisotopic (exact) mass is 599 g/mol. The average Bonchev–Trinajstić information content (AvgIpc) is 2.92. The van der Waals surface area contributed by atoms with Gasteiger partial charge in [-0.3, -0.25) is 4.79 Å². The molecule has 0 aliphatic heterocycles. The van der Waals surface area contributed by atoms with Crippen LogP contribution in [0.15, 0.2) is 0 Å². The van der Waals surface area contributed by atoms with Gasteiger partial charge in [0.05, 0.1) is 11.7 Å². The van der Waals surface area contributed by atoms with Crippen LogP contribution in [0.1, 0.15) is 53.9 Å². The lowest BCUT2D eigenvalue weighted by Gasteiger charge is -2.39. The highest BCUT2D eigenvalue weighted by atomic mass is 32.1. The van der Waals surface area contributed by atoms with Crippen molar-refractivity contribution in [2.45, 2.75) is 87.8 Å². The summed E-state index contributed by atoms with van der Waals surface area (Å²) in [6, 6.07) is 0. The van der Waals surface area contributed by atoms with E-state index < -0.39 is 64.3 Å². The maximum atomic E-state index is 14.3. The second kappa shape index (κ2) is 10.0. The molecule has 0 saturated heterocycles. The third-order valence-corrected chi connectivity index (χ3v) is 6.62. The minimum absolute atomic E-state index is 0.119. The molecule has 0 radical (unpaired) electrons. The van der Waals surface area contributed by atoms with Crippen LogP contribution in [0, 0.1) is 0 Å². The molecule has 2 rings (SSSR count). The molecule has 18 heteroatoms. The van der Waals surface area contributed by atoms with Crippen LogP contribution in [-0.4, -0.2) is 53.8 Å².